The molecule has 5 nitrogen and oxygen atoms in total. The second-order valence-electron chi connectivity index (χ2n) is 7.37. The third-order valence-electron chi connectivity index (χ3n) is 4.54. The largest absolute Gasteiger partial charge is 0.466 e. The van der Waals surface area contributed by atoms with Gasteiger partial charge in [-0.1, -0.05) is 17.4 Å². The van der Waals surface area contributed by atoms with E-state index in [1.54, 1.807) is 16.2 Å². The first-order valence-electron chi connectivity index (χ1n) is 9.17. The number of benzene rings is 1. The van der Waals surface area contributed by atoms with Crippen molar-refractivity contribution < 1.29 is 9.21 Å². The third kappa shape index (κ3) is 4.22. The Morgan fingerprint density at radius 2 is 1.85 bits per heavy atom. The summed E-state index contributed by atoms with van der Waals surface area (Å²) in [7, 11) is 4.08. The SMILES string of the molecule is Cc1cc(C)c2sc(N(CCCN(C)C)C(=O)c3cc(C)oc3C)nc2c1. The minimum atomic E-state index is -0.0449. The van der Waals surface area contributed by atoms with Crippen LogP contribution in [-0.2, 0) is 0 Å². The zero-order chi connectivity index (χ0) is 19.7. The minimum absolute atomic E-state index is 0.0449. The highest BCUT2D eigenvalue weighted by molar-refractivity contribution is 7.22. The molecule has 1 amide bonds. The Morgan fingerprint density at radius 1 is 1.11 bits per heavy atom. The second kappa shape index (κ2) is 7.82. The number of aromatic nitrogens is 1. The molecular formula is C21H27N3O2S. The summed E-state index contributed by atoms with van der Waals surface area (Å²) in [4.78, 5) is 22.0. The Labute approximate surface area is 164 Å². The van der Waals surface area contributed by atoms with Crippen molar-refractivity contribution in [2.75, 3.05) is 32.1 Å². The maximum atomic E-state index is 13.3. The van der Waals surface area contributed by atoms with Gasteiger partial charge in [0.15, 0.2) is 5.13 Å². The van der Waals surface area contributed by atoms with Gasteiger partial charge in [-0.3, -0.25) is 9.69 Å². The fraction of sp³-hybridized carbons (Fsp3) is 0.429. The minimum Gasteiger partial charge on any atom is -0.466 e. The highest BCUT2D eigenvalue weighted by Crippen LogP contribution is 2.33. The van der Waals surface area contributed by atoms with Crippen LogP contribution in [0.3, 0.4) is 0 Å². The molecule has 1 aromatic carbocycles. The molecule has 0 aliphatic carbocycles. The van der Waals surface area contributed by atoms with Crippen LogP contribution >= 0.6 is 11.3 Å². The van der Waals surface area contributed by atoms with E-state index < -0.39 is 0 Å². The molecule has 0 N–H and O–H groups in total. The summed E-state index contributed by atoms with van der Waals surface area (Å²) < 4.78 is 6.73. The van der Waals surface area contributed by atoms with Gasteiger partial charge in [-0.25, -0.2) is 4.98 Å². The monoisotopic (exact) mass is 385 g/mol. The van der Waals surface area contributed by atoms with Gasteiger partial charge in [0.25, 0.3) is 5.91 Å². The molecule has 27 heavy (non-hydrogen) atoms. The van der Waals surface area contributed by atoms with Crippen LogP contribution in [0.4, 0.5) is 5.13 Å². The topological polar surface area (TPSA) is 49.6 Å². The highest BCUT2D eigenvalue weighted by Gasteiger charge is 2.24. The first-order chi connectivity index (χ1) is 12.8. The Morgan fingerprint density at radius 3 is 2.48 bits per heavy atom. The van der Waals surface area contributed by atoms with Gasteiger partial charge in [0, 0.05) is 6.54 Å². The number of nitrogens with zero attached hydrogens (tertiary/aromatic N) is 3. The smallest absolute Gasteiger partial charge is 0.263 e. The summed E-state index contributed by atoms with van der Waals surface area (Å²) in [5.74, 6) is 1.36. The molecular weight excluding hydrogens is 358 g/mol. The molecule has 6 heteroatoms. The van der Waals surface area contributed by atoms with Gasteiger partial charge in [-0.15, -0.1) is 0 Å². The number of hydrogen-bond acceptors (Lipinski definition) is 5. The second-order valence-corrected chi connectivity index (χ2v) is 8.34. The number of fused-ring (bicyclic) bond motifs is 1. The maximum absolute atomic E-state index is 13.3. The molecule has 144 valence electrons. The maximum Gasteiger partial charge on any atom is 0.263 e. The van der Waals surface area contributed by atoms with E-state index >= 15 is 0 Å². The standard InChI is InChI=1S/C21H27N3O2S/c1-13-10-14(2)19-18(11-13)22-21(27-19)24(9-7-8-23(5)6)20(25)17-12-15(3)26-16(17)4/h10-12H,7-9H2,1-6H3. The molecule has 0 bridgehead atoms. The van der Waals surface area contributed by atoms with Crippen molar-refractivity contribution in [3.63, 3.8) is 0 Å². The van der Waals surface area contributed by atoms with E-state index in [-0.39, 0.29) is 5.91 Å². The number of carbonyl (C=O) groups excluding carboxylic acids is 1. The number of hydrogen-bond donors (Lipinski definition) is 0. The molecule has 0 aliphatic rings. The van der Waals surface area contributed by atoms with Crippen LogP contribution in [0, 0.1) is 27.7 Å². The van der Waals surface area contributed by atoms with Crippen LogP contribution in [0.5, 0.6) is 0 Å². The normalized spacial score (nSPS) is 11.5. The number of furan rings is 1. The molecule has 0 atom stereocenters. The number of carbonyl (C=O) groups is 1. The molecule has 0 saturated carbocycles. The van der Waals surface area contributed by atoms with E-state index in [1.807, 2.05) is 34.0 Å². The Kier molecular flexibility index (Phi) is 5.67. The summed E-state index contributed by atoms with van der Waals surface area (Å²) in [5.41, 5.74) is 3.95. The van der Waals surface area contributed by atoms with Gasteiger partial charge in [-0.2, -0.15) is 0 Å². The van der Waals surface area contributed by atoms with Crippen molar-refractivity contribution in [2.24, 2.45) is 0 Å². The number of rotatable bonds is 6. The number of aryl methyl sites for hydroxylation is 4. The lowest BCUT2D eigenvalue weighted by atomic mass is 10.1. The van der Waals surface area contributed by atoms with Crippen LogP contribution in [0.15, 0.2) is 22.6 Å². The van der Waals surface area contributed by atoms with Crippen LogP contribution < -0.4 is 4.90 Å². The molecule has 0 unspecified atom stereocenters. The van der Waals surface area contributed by atoms with Gasteiger partial charge in [0.2, 0.25) is 0 Å². The summed E-state index contributed by atoms with van der Waals surface area (Å²) in [6.45, 7) is 9.41. The van der Waals surface area contributed by atoms with Crippen molar-refractivity contribution in [1.29, 1.82) is 0 Å². The summed E-state index contributed by atoms with van der Waals surface area (Å²) >= 11 is 1.58. The molecule has 0 spiro atoms. The van der Waals surface area contributed by atoms with E-state index in [0.717, 1.165) is 34.1 Å². The Bertz CT molecular complexity index is 971. The highest BCUT2D eigenvalue weighted by atomic mass is 32.1. The van der Waals surface area contributed by atoms with Gasteiger partial charge >= 0.3 is 0 Å². The predicted molar refractivity (Wildman–Crippen MR) is 112 cm³/mol. The average molecular weight is 386 g/mol. The molecule has 3 rings (SSSR count). The lowest BCUT2D eigenvalue weighted by molar-refractivity contribution is 0.0984. The van der Waals surface area contributed by atoms with Gasteiger partial charge < -0.3 is 9.32 Å². The van der Waals surface area contributed by atoms with E-state index in [0.29, 0.717) is 17.9 Å². The van der Waals surface area contributed by atoms with Crippen molar-refractivity contribution in [3.8, 4) is 0 Å². The summed E-state index contributed by atoms with van der Waals surface area (Å²) in [6.07, 6.45) is 0.878. The van der Waals surface area contributed by atoms with Crippen LogP contribution in [0.1, 0.15) is 39.4 Å². The lowest BCUT2D eigenvalue weighted by Crippen LogP contribution is -2.33. The summed E-state index contributed by atoms with van der Waals surface area (Å²) in [6, 6.07) is 6.06. The van der Waals surface area contributed by atoms with Crippen molar-refractivity contribution in [3.05, 3.63) is 46.4 Å². The van der Waals surface area contributed by atoms with E-state index in [2.05, 4.69) is 30.9 Å². The average Bonchev–Trinajstić information content (AvgIpc) is 3.13. The predicted octanol–water partition coefficient (Wildman–Crippen LogP) is 4.72. The van der Waals surface area contributed by atoms with Gasteiger partial charge in [-0.05, 0) is 78.0 Å². The molecule has 0 fully saturated rings. The fourth-order valence-corrected chi connectivity index (χ4v) is 4.34. The van der Waals surface area contributed by atoms with Crippen molar-refractivity contribution in [2.45, 2.75) is 34.1 Å². The molecule has 0 saturated heterocycles. The van der Waals surface area contributed by atoms with Crippen molar-refractivity contribution in [1.82, 2.24) is 9.88 Å². The third-order valence-corrected chi connectivity index (χ3v) is 5.77. The molecule has 2 heterocycles. The Balaban J connectivity index is 2.00. The van der Waals surface area contributed by atoms with E-state index in [1.165, 1.54) is 11.1 Å². The first kappa shape index (κ1) is 19.6. The van der Waals surface area contributed by atoms with Crippen LogP contribution in [0.25, 0.3) is 10.2 Å². The van der Waals surface area contributed by atoms with Crippen LogP contribution in [0.2, 0.25) is 0 Å². The van der Waals surface area contributed by atoms with Crippen LogP contribution in [-0.4, -0.2) is 43.0 Å². The first-order valence-corrected chi connectivity index (χ1v) is 9.99. The zero-order valence-electron chi connectivity index (χ0n) is 16.9. The Hall–Kier alpha value is -2.18. The number of amides is 1. The zero-order valence-corrected chi connectivity index (χ0v) is 17.7. The van der Waals surface area contributed by atoms with E-state index in [4.69, 9.17) is 9.40 Å². The molecule has 0 aliphatic heterocycles. The van der Waals surface area contributed by atoms with Crippen molar-refractivity contribution >= 4 is 32.6 Å². The molecule has 3 aromatic rings. The summed E-state index contributed by atoms with van der Waals surface area (Å²) in [5, 5.41) is 0.751. The quantitative estimate of drug-likeness (QED) is 0.616. The van der Waals surface area contributed by atoms with E-state index in [9.17, 15) is 4.79 Å². The number of thiazole rings is 1. The molecule has 2 aromatic heterocycles. The van der Waals surface area contributed by atoms with Gasteiger partial charge in [0.05, 0.1) is 15.8 Å². The fourth-order valence-electron chi connectivity index (χ4n) is 3.30. The number of anilines is 1. The van der Waals surface area contributed by atoms with Gasteiger partial charge in [0.1, 0.15) is 11.5 Å². The lowest BCUT2D eigenvalue weighted by Gasteiger charge is -2.20. The molecule has 0 radical (unpaired) electrons.